The molecule has 15 atom stereocenters. The summed E-state index contributed by atoms with van der Waals surface area (Å²) >= 11 is 0. The topological polar surface area (TPSA) is 284 Å². The number of unbranched alkanes of at least 4 members (excludes halogenated alkanes) is 2. The predicted molar refractivity (Wildman–Crippen MR) is 128 cm³/mol. The van der Waals surface area contributed by atoms with E-state index in [1.807, 2.05) is 0 Å². The van der Waals surface area contributed by atoms with Gasteiger partial charge in [-0.05, 0) is 25.8 Å². The van der Waals surface area contributed by atoms with Crippen molar-refractivity contribution in [2.75, 3.05) is 33.0 Å². The van der Waals surface area contributed by atoms with Gasteiger partial charge in [0.2, 0.25) is 0 Å². The van der Waals surface area contributed by atoms with E-state index in [-0.39, 0.29) is 6.61 Å². The minimum atomic E-state index is -1.89. The summed E-state index contributed by atoms with van der Waals surface area (Å²) in [6.07, 6.45) is -22.2. The molecular formula is C23H43NO16. The molecule has 0 unspecified atom stereocenters. The monoisotopic (exact) mass is 589 g/mol. The molecule has 12 N–H and O–H groups in total. The van der Waals surface area contributed by atoms with Crippen LogP contribution in [0.15, 0.2) is 0 Å². The van der Waals surface area contributed by atoms with E-state index in [9.17, 15) is 51.1 Å². The summed E-state index contributed by atoms with van der Waals surface area (Å²) in [5.74, 6) is 0. The summed E-state index contributed by atoms with van der Waals surface area (Å²) in [5, 5.41) is 102. The standard InChI is InChI=1S/C23H43NO16/c24-4-2-1-3-5-35-21-17(33)19(13(29)10(7-26)36-21)40-23-18(34)20(14(30)11(8-27)38-23)39-22-16(32)15(31)12(28)9(6-25)37-22/h9-23,25-34H,1-8,24H2/t9-,10-,11-,12+,13+,14+,15+,16-,17-,18-,19+,20+,21-,22+,23+/m1/s1. The highest BCUT2D eigenvalue weighted by Crippen LogP contribution is 2.32. The lowest BCUT2D eigenvalue weighted by molar-refractivity contribution is -0.381. The van der Waals surface area contributed by atoms with Crippen molar-refractivity contribution < 1.29 is 79.5 Å². The van der Waals surface area contributed by atoms with Crippen molar-refractivity contribution >= 4 is 0 Å². The second kappa shape index (κ2) is 15.7. The van der Waals surface area contributed by atoms with E-state index in [2.05, 4.69) is 0 Å². The van der Waals surface area contributed by atoms with Crippen LogP contribution in [0.5, 0.6) is 0 Å². The highest BCUT2D eigenvalue weighted by Gasteiger charge is 2.53. The van der Waals surface area contributed by atoms with E-state index in [4.69, 9.17) is 34.2 Å². The Hall–Kier alpha value is -0.680. The smallest absolute Gasteiger partial charge is 0.187 e. The summed E-state index contributed by atoms with van der Waals surface area (Å²) in [6.45, 7) is -1.55. The van der Waals surface area contributed by atoms with Gasteiger partial charge in [0.25, 0.3) is 0 Å². The Morgan fingerprint density at radius 1 is 0.500 bits per heavy atom. The Morgan fingerprint density at radius 3 is 1.45 bits per heavy atom. The predicted octanol–water partition coefficient (Wildman–Crippen LogP) is -6.42. The fourth-order valence-corrected chi connectivity index (χ4v) is 4.79. The van der Waals surface area contributed by atoms with Gasteiger partial charge in [-0.3, -0.25) is 0 Å². The van der Waals surface area contributed by atoms with Gasteiger partial charge >= 0.3 is 0 Å². The SMILES string of the molecule is NCCCCCO[C@@H]1O[C@H](CO)[C@H](O)[C@H](O[C@@H]2O[C@H](CO)[C@H](O)[C@H](O[C@@H]3O[C@H](CO)[C@H](O)[C@H](O)[C@H]3O)[C@H]2O)[C@H]1O. The molecule has 3 rings (SSSR count). The first-order chi connectivity index (χ1) is 19.1. The highest BCUT2D eigenvalue weighted by atomic mass is 16.8. The molecule has 0 spiro atoms. The van der Waals surface area contributed by atoms with Gasteiger partial charge in [-0.15, -0.1) is 0 Å². The quantitative estimate of drug-likeness (QED) is 0.0890. The minimum Gasteiger partial charge on any atom is -0.394 e. The van der Waals surface area contributed by atoms with E-state index in [1.54, 1.807) is 0 Å². The molecule has 17 heteroatoms. The summed E-state index contributed by atoms with van der Waals surface area (Å²) in [6, 6.07) is 0. The van der Waals surface area contributed by atoms with Gasteiger partial charge in [0.1, 0.15) is 73.2 Å². The minimum absolute atomic E-state index is 0.166. The third kappa shape index (κ3) is 7.63. The van der Waals surface area contributed by atoms with Gasteiger partial charge in [0.05, 0.1) is 19.8 Å². The molecular weight excluding hydrogens is 546 g/mol. The van der Waals surface area contributed by atoms with E-state index in [0.717, 1.165) is 12.8 Å². The number of hydrogen-bond acceptors (Lipinski definition) is 17. The average molecular weight is 590 g/mol. The molecule has 40 heavy (non-hydrogen) atoms. The lowest BCUT2D eigenvalue weighted by Crippen LogP contribution is -2.67. The van der Waals surface area contributed by atoms with Crippen LogP contribution in [0, 0.1) is 0 Å². The Labute approximate surface area is 230 Å². The molecule has 236 valence electrons. The van der Waals surface area contributed by atoms with E-state index in [0.29, 0.717) is 13.0 Å². The lowest BCUT2D eigenvalue weighted by atomic mass is 9.96. The fraction of sp³-hybridized carbons (Fsp3) is 1.00. The summed E-state index contributed by atoms with van der Waals surface area (Å²) in [7, 11) is 0. The van der Waals surface area contributed by atoms with Crippen molar-refractivity contribution in [1.29, 1.82) is 0 Å². The number of aliphatic hydroxyl groups excluding tert-OH is 10. The molecule has 0 amide bonds. The van der Waals surface area contributed by atoms with Crippen molar-refractivity contribution in [3.05, 3.63) is 0 Å². The Balaban J connectivity index is 1.74. The molecule has 0 aromatic rings. The van der Waals surface area contributed by atoms with Crippen LogP contribution in [0.4, 0.5) is 0 Å². The number of aliphatic hydroxyl groups is 10. The van der Waals surface area contributed by atoms with E-state index >= 15 is 0 Å². The molecule has 0 radical (unpaired) electrons. The maximum Gasteiger partial charge on any atom is 0.187 e. The molecule has 0 aromatic carbocycles. The first-order valence-corrected chi connectivity index (χ1v) is 13.3. The molecule has 0 saturated carbocycles. The van der Waals surface area contributed by atoms with Crippen LogP contribution in [-0.4, -0.2) is 176 Å². The molecule has 0 aliphatic carbocycles. The third-order valence-electron chi connectivity index (χ3n) is 7.21. The Morgan fingerprint density at radius 2 is 0.950 bits per heavy atom. The largest absolute Gasteiger partial charge is 0.394 e. The molecule has 3 saturated heterocycles. The van der Waals surface area contributed by atoms with Gasteiger partial charge in [-0.25, -0.2) is 0 Å². The van der Waals surface area contributed by atoms with Crippen LogP contribution in [-0.2, 0) is 28.4 Å². The van der Waals surface area contributed by atoms with Gasteiger partial charge in [-0.1, -0.05) is 0 Å². The zero-order valence-electron chi connectivity index (χ0n) is 21.8. The first kappa shape index (κ1) is 33.8. The van der Waals surface area contributed by atoms with Gasteiger partial charge in [-0.2, -0.15) is 0 Å². The van der Waals surface area contributed by atoms with Crippen LogP contribution in [0.1, 0.15) is 19.3 Å². The van der Waals surface area contributed by atoms with Crippen molar-refractivity contribution in [3.63, 3.8) is 0 Å². The van der Waals surface area contributed by atoms with Crippen molar-refractivity contribution in [1.82, 2.24) is 0 Å². The highest BCUT2D eigenvalue weighted by molar-refractivity contribution is 4.96. The number of hydrogen-bond donors (Lipinski definition) is 11. The maximum atomic E-state index is 11.0. The fourth-order valence-electron chi connectivity index (χ4n) is 4.79. The van der Waals surface area contributed by atoms with Crippen LogP contribution >= 0.6 is 0 Å². The number of ether oxygens (including phenoxy) is 6. The van der Waals surface area contributed by atoms with Gasteiger partial charge < -0.3 is 85.2 Å². The lowest BCUT2D eigenvalue weighted by Gasteiger charge is -2.48. The molecule has 3 fully saturated rings. The zero-order valence-corrected chi connectivity index (χ0v) is 21.8. The van der Waals surface area contributed by atoms with Gasteiger partial charge in [0, 0.05) is 6.61 Å². The maximum absolute atomic E-state index is 11.0. The van der Waals surface area contributed by atoms with Crippen LogP contribution in [0.25, 0.3) is 0 Å². The molecule has 17 nitrogen and oxygen atoms in total. The summed E-state index contributed by atoms with van der Waals surface area (Å²) < 4.78 is 33.0. The third-order valence-corrected chi connectivity index (χ3v) is 7.21. The Bertz CT molecular complexity index is 737. The molecule has 3 heterocycles. The number of nitrogens with two attached hydrogens (primary N) is 1. The summed E-state index contributed by atoms with van der Waals surface area (Å²) in [5.41, 5.74) is 5.47. The molecule has 0 bridgehead atoms. The van der Waals surface area contributed by atoms with Gasteiger partial charge in [0.15, 0.2) is 18.9 Å². The molecule has 0 aromatic heterocycles. The van der Waals surface area contributed by atoms with Crippen LogP contribution < -0.4 is 5.73 Å². The Kier molecular flexibility index (Phi) is 13.3. The second-order valence-corrected chi connectivity index (χ2v) is 10.0. The van der Waals surface area contributed by atoms with Crippen molar-refractivity contribution in [2.24, 2.45) is 5.73 Å². The second-order valence-electron chi connectivity index (χ2n) is 10.0. The molecule has 3 aliphatic heterocycles. The van der Waals surface area contributed by atoms with Crippen LogP contribution in [0.3, 0.4) is 0 Å². The van der Waals surface area contributed by atoms with E-state index < -0.39 is 112 Å². The van der Waals surface area contributed by atoms with Crippen LogP contribution in [0.2, 0.25) is 0 Å². The van der Waals surface area contributed by atoms with Crippen molar-refractivity contribution in [3.8, 4) is 0 Å². The molecule has 3 aliphatic rings. The zero-order chi connectivity index (χ0) is 29.6. The number of rotatable bonds is 13. The normalized spacial score (nSPS) is 46.4. The summed E-state index contributed by atoms with van der Waals surface area (Å²) in [4.78, 5) is 0. The first-order valence-electron chi connectivity index (χ1n) is 13.3. The average Bonchev–Trinajstić information content (AvgIpc) is 2.95. The van der Waals surface area contributed by atoms with Crippen molar-refractivity contribution in [2.45, 2.75) is 111 Å². The van der Waals surface area contributed by atoms with E-state index in [1.165, 1.54) is 0 Å².